The van der Waals surface area contributed by atoms with Gasteiger partial charge in [0.25, 0.3) is 0 Å². The highest BCUT2D eigenvalue weighted by molar-refractivity contribution is 7.34. The van der Waals surface area contributed by atoms with Gasteiger partial charge in [-0.2, -0.15) is 0 Å². The second-order valence-corrected chi connectivity index (χ2v) is 6.29. The second-order valence-electron chi connectivity index (χ2n) is 4.78. The fraction of sp³-hybridized carbons (Fsp3) is 0. The van der Waals surface area contributed by atoms with Crippen molar-refractivity contribution in [3.8, 4) is 22.3 Å². The van der Waals surface area contributed by atoms with Crippen molar-refractivity contribution < 1.29 is 4.57 Å². The topological polar surface area (TPSA) is 17.1 Å². The number of hydrogen-bond acceptors (Lipinski definition) is 1. The minimum absolute atomic E-state index is 0.0410. The van der Waals surface area contributed by atoms with Crippen molar-refractivity contribution in [3.05, 3.63) is 76.8 Å². The second kappa shape index (κ2) is 6.62. The van der Waals surface area contributed by atoms with Crippen LogP contribution in [0.25, 0.3) is 22.3 Å². The number of rotatable bonds is 3. The van der Waals surface area contributed by atoms with Crippen molar-refractivity contribution >= 4 is 37.0 Å². The van der Waals surface area contributed by atoms with Gasteiger partial charge < -0.3 is 0 Å². The molecule has 0 N–H and O–H groups in total. The maximum atomic E-state index is 11.6. The Morgan fingerprint density at radius 3 is 1.95 bits per heavy atom. The van der Waals surface area contributed by atoms with E-state index < -0.39 is 0 Å². The highest BCUT2D eigenvalue weighted by Gasteiger charge is 2.16. The Morgan fingerprint density at radius 1 is 0.682 bits per heavy atom. The van der Waals surface area contributed by atoms with E-state index in [0.29, 0.717) is 15.3 Å². The zero-order valence-corrected chi connectivity index (χ0v) is 13.9. The molecule has 0 bridgehead atoms. The van der Waals surface area contributed by atoms with E-state index in [-0.39, 0.29) is 8.46 Å². The third-order valence-corrected chi connectivity index (χ3v) is 4.56. The van der Waals surface area contributed by atoms with Gasteiger partial charge in [0, 0.05) is 21.2 Å². The molecule has 0 saturated heterocycles. The molecule has 0 aliphatic rings. The van der Waals surface area contributed by atoms with Crippen LogP contribution in [0.15, 0.2) is 66.7 Å². The average molecular weight is 345 g/mol. The van der Waals surface area contributed by atoms with Crippen LogP contribution in [0.4, 0.5) is 0 Å². The molecule has 0 heterocycles. The molecule has 3 rings (SSSR count). The summed E-state index contributed by atoms with van der Waals surface area (Å²) in [4.78, 5) is 0. The monoisotopic (exact) mass is 344 g/mol. The number of halogens is 2. The fourth-order valence-corrected chi connectivity index (χ4v) is 3.30. The molecule has 0 saturated carbocycles. The van der Waals surface area contributed by atoms with Crippen LogP contribution in [0.3, 0.4) is 0 Å². The smallest absolute Gasteiger partial charge is 0.192 e. The average Bonchev–Trinajstić information content (AvgIpc) is 2.56. The molecule has 0 radical (unpaired) electrons. The maximum Gasteiger partial charge on any atom is 0.192 e. The Morgan fingerprint density at radius 2 is 1.32 bits per heavy atom. The molecule has 4 heteroatoms. The first-order valence-corrected chi connectivity index (χ1v) is 8.25. The van der Waals surface area contributed by atoms with Crippen LogP contribution in [-0.4, -0.2) is 0 Å². The van der Waals surface area contributed by atoms with Crippen LogP contribution in [-0.2, 0) is 4.57 Å². The number of hydrogen-bond donors (Lipinski definition) is 0. The Bertz CT molecular complexity index is 814. The van der Waals surface area contributed by atoms with Gasteiger partial charge in [-0.15, -0.1) is 0 Å². The van der Waals surface area contributed by atoms with Crippen molar-refractivity contribution in [1.82, 2.24) is 0 Å². The number of benzene rings is 3. The summed E-state index contributed by atoms with van der Waals surface area (Å²) in [5, 5.41) is 1.99. The van der Waals surface area contributed by atoms with Gasteiger partial charge in [0.15, 0.2) is 8.46 Å². The minimum Gasteiger partial charge on any atom is -0.269 e. The molecule has 3 aromatic carbocycles. The molecule has 0 aliphatic carbocycles. The van der Waals surface area contributed by atoms with Gasteiger partial charge in [0.1, 0.15) is 0 Å². The van der Waals surface area contributed by atoms with Crippen LogP contribution in [0.5, 0.6) is 0 Å². The van der Waals surface area contributed by atoms with Crippen LogP contribution in [0.2, 0.25) is 10.0 Å². The standard InChI is InChI=1S/C18H11Cl2OP/c19-14-8-6-13(7-9-14)18-16(22-21)11-10-15(20)17(18)12-4-2-1-3-5-12/h1-11H. The molecule has 0 unspecified atom stereocenters. The fourth-order valence-electron chi connectivity index (χ4n) is 2.44. The predicted molar refractivity (Wildman–Crippen MR) is 94.6 cm³/mol. The molecule has 0 amide bonds. The highest BCUT2D eigenvalue weighted by atomic mass is 35.5. The summed E-state index contributed by atoms with van der Waals surface area (Å²) >= 11 is 12.4. The minimum atomic E-state index is -0.0410. The lowest BCUT2D eigenvalue weighted by atomic mass is 9.94. The first kappa shape index (κ1) is 15.2. The summed E-state index contributed by atoms with van der Waals surface area (Å²) in [6, 6.07) is 20.9. The van der Waals surface area contributed by atoms with Gasteiger partial charge in [-0.1, -0.05) is 65.7 Å². The quantitative estimate of drug-likeness (QED) is 0.513. The van der Waals surface area contributed by atoms with Crippen LogP contribution in [0, 0.1) is 0 Å². The van der Waals surface area contributed by atoms with Crippen molar-refractivity contribution in [2.24, 2.45) is 0 Å². The first-order valence-electron chi connectivity index (χ1n) is 6.68. The summed E-state index contributed by atoms with van der Waals surface area (Å²) in [5.41, 5.74) is 3.67. The van der Waals surface area contributed by atoms with Crippen molar-refractivity contribution in [2.45, 2.75) is 0 Å². The lowest BCUT2D eigenvalue weighted by molar-refractivity contribution is 0.603. The summed E-state index contributed by atoms with van der Waals surface area (Å²) in [5.74, 6) is 0. The van der Waals surface area contributed by atoms with Crippen LogP contribution >= 0.6 is 31.7 Å². The zero-order chi connectivity index (χ0) is 15.5. The van der Waals surface area contributed by atoms with Gasteiger partial charge in [-0.3, -0.25) is 4.57 Å². The molecular weight excluding hydrogens is 334 g/mol. The predicted octanol–water partition coefficient (Wildman–Crippen LogP) is 6.24. The Labute approximate surface area is 140 Å². The van der Waals surface area contributed by atoms with E-state index in [9.17, 15) is 4.57 Å². The molecule has 0 fully saturated rings. The van der Waals surface area contributed by atoms with Gasteiger partial charge in [-0.25, -0.2) is 0 Å². The van der Waals surface area contributed by atoms with Crippen LogP contribution < -0.4 is 5.30 Å². The van der Waals surface area contributed by atoms with Crippen molar-refractivity contribution in [2.75, 3.05) is 0 Å². The molecule has 1 nitrogen and oxygen atoms in total. The van der Waals surface area contributed by atoms with Gasteiger partial charge in [0.2, 0.25) is 0 Å². The lowest BCUT2D eigenvalue weighted by Gasteiger charge is -2.14. The van der Waals surface area contributed by atoms with Crippen LogP contribution in [0.1, 0.15) is 0 Å². The molecular formula is C18H11Cl2OP. The largest absolute Gasteiger partial charge is 0.269 e. The van der Waals surface area contributed by atoms with E-state index in [1.807, 2.05) is 54.6 Å². The Balaban J connectivity index is 2.33. The molecule has 108 valence electrons. The summed E-state index contributed by atoms with van der Waals surface area (Å²) in [7, 11) is -0.0410. The molecule has 0 spiro atoms. The van der Waals surface area contributed by atoms with Gasteiger partial charge >= 0.3 is 0 Å². The first-order chi connectivity index (χ1) is 10.7. The Hall–Kier alpha value is -1.66. The van der Waals surface area contributed by atoms with E-state index in [2.05, 4.69) is 0 Å². The molecule has 0 aromatic heterocycles. The zero-order valence-electron chi connectivity index (χ0n) is 11.5. The van der Waals surface area contributed by atoms with Gasteiger partial charge in [-0.05, 0) is 35.4 Å². The van der Waals surface area contributed by atoms with Crippen molar-refractivity contribution in [1.29, 1.82) is 0 Å². The summed E-state index contributed by atoms with van der Waals surface area (Å²) < 4.78 is 11.6. The SMILES string of the molecule is O=Pc1ccc(Cl)c(-c2ccccc2)c1-c1ccc(Cl)cc1. The van der Waals surface area contributed by atoms with E-state index in [0.717, 1.165) is 22.3 Å². The summed E-state index contributed by atoms with van der Waals surface area (Å²) in [6.45, 7) is 0. The molecule has 0 aliphatic heterocycles. The van der Waals surface area contributed by atoms with E-state index >= 15 is 0 Å². The third-order valence-electron chi connectivity index (χ3n) is 3.43. The highest BCUT2D eigenvalue weighted by Crippen LogP contribution is 2.38. The molecule has 3 aromatic rings. The summed E-state index contributed by atoms with van der Waals surface area (Å²) in [6.07, 6.45) is 0. The normalized spacial score (nSPS) is 10.8. The van der Waals surface area contributed by atoms with Crippen molar-refractivity contribution in [3.63, 3.8) is 0 Å². The van der Waals surface area contributed by atoms with Gasteiger partial charge in [0.05, 0.1) is 5.30 Å². The van der Waals surface area contributed by atoms with E-state index in [4.69, 9.17) is 23.2 Å². The maximum absolute atomic E-state index is 11.6. The van der Waals surface area contributed by atoms with E-state index in [1.54, 1.807) is 12.1 Å². The molecule has 22 heavy (non-hydrogen) atoms. The molecule has 0 atom stereocenters. The Kier molecular flexibility index (Phi) is 4.59. The lowest BCUT2D eigenvalue weighted by Crippen LogP contribution is -2.01. The third kappa shape index (κ3) is 2.94. The van der Waals surface area contributed by atoms with E-state index in [1.165, 1.54) is 0 Å².